The first-order valence-corrected chi connectivity index (χ1v) is 7.19. The van der Waals surface area contributed by atoms with Crippen LogP contribution in [-0.2, 0) is 4.74 Å². The van der Waals surface area contributed by atoms with Gasteiger partial charge in [-0.3, -0.25) is 0 Å². The topological polar surface area (TPSA) is 21.3 Å². The summed E-state index contributed by atoms with van der Waals surface area (Å²) in [5, 5.41) is 3.50. The lowest BCUT2D eigenvalue weighted by Crippen LogP contribution is -2.25. The molecule has 2 atom stereocenters. The third kappa shape index (κ3) is 3.30. The van der Waals surface area contributed by atoms with Gasteiger partial charge in [0, 0.05) is 23.5 Å². The molecule has 1 aliphatic rings. The van der Waals surface area contributed by atoms with E-state index >= 15 is 0 Å². The fourth-order valence-electron chi connectivity index (χ4n) is 2.36. The summed E-state index contributed by atoms with van der Waals surface area (Å²) in [5.41, 5.74) is 1.29. The molecule has 2 unspecified atom stereocenters. The monoisotopic (exact) mass is 297 g/mol. The maximum Gasteiger partial charge on any atom is 0.0876 e. The summed E-state index contributed by atoms with van der Waals surface area (Å²) >= 11 is 3.62. The van der Waals surface area contributed by atoms with Crippen molar-refractivity contribution in [2.75, 3.05) is 19.7 Å². The molecular formula is C14H20BrNO. The minimum absolute atomic E-state index is 0.245. The molecule has 0 saturated carbocycles. The number of benzene rings is 1. The summed E-state index contributed by atoms with van der Waals surface area (Å²) in [4.78, 5) is 0. The number of nitrogens with one attached hydrogen (secondary N) is 1. The molecule has 0 aliphatic carbocycles. The highest BCUT2D eigenvalue weighted by molar-refractivity contribution is 9.10. The summed E-state index contributed by atoms with van der Waals surface area (Å²) in [5.74, 6) is 0.597. The van der Waals surface area contributed by atoms with Crippen molar-refractivity contribution in [3.8, 4) is 0 Å². The molecule has 0 spiro atoms. The standard InChI is InChI=1S/C14H20BrNO/c1-2-8-16-10-11-7-9-17-14(11)12-5-3-4-6-13(12)15/h3-6,11,14,16H,2,7-10H2,1H3. The Balaban J connectivity index is 2.02. The predicted molar refractivity (Wildman–Crippen MR) is 74.1 cm³/mol. The van der Waals surface area contributed by atoms with E-state index in [1.54, 1.807) is 0 Å². The number of rotatable bonds is 5. The Hall–Kier alpha value is -0.380. The SMILES string of the molecule is CCCNCC1CCOC1c1ccccc1Br. The van der Waals surface area contributed by atoms with Crippen LogP contribution in [0, 0.1) is 5.92 Å². The Kier molecular flexibility index (Phi) is 5.01. The van der Waals surface area contributed by atoms with Gasteiger partial charge in [-0.25, -0.2) is 0 Å². The molecule has 17 heavy (non-hydrogen) atoms. The first kappa shape index (κ1) is 13.1. The van der Waals surface area contributed by atoms with Gasteiger partial charge in [0.2, 0.25) is 0 Å². The highest BCUT2D eigenvalue weighted by atomic mass is 79.9. The van der Waals surface area contributed by atoms with E-state index < -0.39 is 0 Å². The van der Waals surface area contributed by atoms with Gasteiger partial charge >= 0.3 is 0 Å². The molecule has 0 radical (unpaired) electrons. The Labute approximate surface area is 112 Å². The molecule has 3 heteroatoms. The van der Waals surface area contributed by atoms with Crippen LogP contribution >= 0.6 is 15.9 Å². The molecule has 1 saturated heterocycles. The van der Waals surface area contributed by atoms with Gasteiger partial charge in [-0.05, 0) is 31.0 Å². The molecule has 1 aromatic carbocycles. The van der Waals surface area contributed by atoms with Crippen molar-refractivity contribution in [2.24, 2.45) is 5.92 Å². The lowest BCUT2D eigenvalue weighted by atomic mass is 9.95. The van der Waals surface area contributed by atoms with Crippen molar-refractivity contribution >= 4 is 15.9 Å². The maximum absolute atomic E-state index is 5.89. The van der Waals surface area contributed by atoms with Crippen molar-refractivity contribution in [3.63, 3.8) is 0 Å². The van der Waals surface area contributed by atoms with Crippen LogP contribution in [0.5, 0.6) is 0 Å². The van der Waals surface area contributed by atoms with Crippen LogP contribution in [0.4, 0.5) is 0 Å². The number of hydrogen-bond acceptors (Lipinski definition) is 2. The molecule has 0 bridgehead atoms. The molecule has 1 heterocycles. The Morgan fingerprint density at radius 3 is 3.00 bits per heavy atom. The zero-order chi connectivity index (χ0) is 12.1. The van der Waals surface area contributed by atoms with E-state index in [4.69, 9.17) is 4.74 Å². The van der Waals surface area contributed by atoms with E-state index in [2.05, 4.69) is 46.4 Å². The normalized spacial score (nSPS) is 24.1. The summed E-state index contributed by atoms with van der Waals surface area (Å²) in [7, 11) is 0. The van der Waals surface area contributed by atoms with Gasteiger partial charge in [-0.2, -0.15) is 0 Å². The number of halogens is 1. The third-order valence-corrected chi connectivity index (χ3v) is 3.98. The minimum atomic E-state index is 0.245. The van der Waals surface area contributed by atoms with Crippen LogP contribution in [-0.4, -0.2) is 19.7 Å². The summed E-state index contributed by atoms with van der Waals surface area (Å²) in [6, 6.07) is 8.38. The zero-order valence-electron chi connectivity index (χ0n) is 10.3. The molecular weight excluding hydrogens is 278 g/mol. The third-order valence-electron chi connectivity index (χ3n) is 3.26. The Morgan fingerprint density at radius 1 is 1.41 bits per heavy atom. The van der Waals surface area contributed by atoms with Gasteiger partial charge in [0.15, 0.2) is 0 Å². The van der Waals surface area contributed by atoms with E-state index in [0.29, 0.717) is 5.92 Å². The second-order valence-corrected chi connectivity index (χ2v) is 5.42. The molecule has 0 amide bonds. The fraction of sp³-hybridized carbons (Fsp3) is 0.571. The zero-order valence-corrected chi connectivity index (χ0v) is 11.9. The minimum Gasteiger partial charge on any atom is -0.373 e. The summed E-state index contributed by atoms with van der Waals surface area (Å²) in [6.07, 6.45) is 2.59. The highest BCUT2D eigenvalue weighted by Crippen LogP contribution is 2.37. The largest absolute Gasteiger partial charge is 0.373 e. The van der Waals surface area contributed by atoms with Gasteiger partial charge in [-0.15, -0.1) is 0 Å². The first-order chi connectivity index (χ1) is 8.33. The van der Waals surface area contributed by atoms with E-state index in [9.17, 15) is 0 Å². The van der Waals surface area contributed by atoms with E-state index in [1.165, 1.54) is 12.0 Å². The molecule has 1 aliphatic heterocycles. The van der Waals surface area contributed by atoms with Gasteiger partial charge in [-0.1, -0.05) is 41.1 Å². The van der Waals surface area contributed by atoms with Gasteiger partial charge in [0.25, 0.3) is 0 Å². The van der Waals surface area contributed by atoms with Crippen molar-refractivity contribution in [1.29, 1.82) is 0 Å². The average Bonchev–Trinajstić information content (AvgIpc) is 2.78. The molecule has 2 nitrogen and oxygen atoms in total. The van der Waals surface area contributed by atoms with Crippen molar-refractivity contribution in [3.05, 3.63) is 34.3 Å². The van der Waals surface area contributed by atoms with Crippen molar-refractivity contribution < 1.29 is 4.74 Å². The van der Waals surface area contributed by atoms with Crippen LogP contribution in [0.25, 0.3) is 0 Å². The quantitative estimate of drug-likeness (QED) is 0.840. The number of ether oxygens (including phenoxy) is 1. The molecule has 1 aromatic rings. The van der Waals surface area contributed by atoms with E-state index in [0.717, 1.165) is 30.6 Å². The molecule has 1 fully saturated rings. The lowest BCUT2D eigenvalue weighted by molar-refractivity contribution is 0.0900. The molecule has 94 valence electrons. The summed E-state index contributed by atoms with van der Waals surface area (Å²) < 4.78 is 7.05. The first-order valence-electron chi connectivity index (χ1n) is 6.39. The van der Waals surface area contributed by atoms with Crippen LogP contribution < -0.4 is 5.32 Å². The Bertz CT molecular complexity index is 356. The Morgan fingerprint density at radius 2 is 2.24 bits per heavy atom. The smallest absolute Gasteiger partial charge is 0.0876 e. The lowest BCUT2D eigenvalue weighted by Gasteiger charge is -2.20. The molecule has 1 N–H and O–H groups in total. The number of hydrogen-bond donors (Lipinski definition) is 1. The predicted octanol–water partition coefficient (Wildman–Crippen LogP) is 3.53. The second-order valence-electron chi connectivity index (χ2n) is 4.57. The van der Waals surface area contributed by atoms with E-state index in [1.807, 2.05) is 6.07 Å². The summed E-state index contributed by atoms with van der Waals surface area (Å²) in [6.45, 7) is 5.23. The van der Waals surface area contributed by atoms with Crippen LogP contribution in [0.3, 0.4) is 0 Å². The highest BCUT2D eigenvalue weighted by Gasteiger charge is 2.30. The average molecular weight is 298 g/mol. The van der Waals surface area contributed by atoms with Gasteiger partial charge in [0.05, 0.1) is 6.10 Å². The van der Waals surface area contributed by atoms with Gasteiger partial charge < -0.3 is 10.1 Å². The van der Waals surface area contributed by atoms with E-state index in [-0.39, 0.29) is 6.10 Å². The van der Waals surface area contributed by atoms with Gasteiger partial charge in [0.1, 0.15) is 0 Å². The van der Waals surface area contributed by atoms with Crippen molar-refractivity contribution in [2.45, 2.75) is 25.9 Å². The van der Waals surface area contributed by atoms with Crippen molar-refractivity contribution in [1.82, 2.24) is 5.32 Å². The van der Waals surface area contributed by atoms with Crippen LogP contribution in [0.15, 0.2) is 28.7 Å². The van der Waals surface area contributed by atoms with Crippen LogP contribution in [0.1, 0.15) is 31.4 Å². The molecule has 0 aromatic heterocycles. The fourth-order valence-corrected chi connectivity index (χ4v) is 2.87. The maximum atomic E-state index is 5.89. The van der Waals surface area contributed by atoms with Crippen LogP contribution in [0.2, 0.25) is 0 Å². The second kappa shape index (κ2) is 6.53. The molecule has 2 rings (SSSR count).